The van der Waals surface area contributed by atoms with Gasteiger partial charge in [-0.1, -0.05) is 41.9 Å². The molecule has 0 fully saturated rings. The third kappa shape index (κ3) is 7.45. The molecule has 7 nitrogen and oxygen atoms in total. The van der Waals surface area contributed by atoms with Crippen LogP contribution in [0.2, 0.25) is 5.02 Å². The lowest BCUT2D eigenvalue weighted by Crippen LogP contribution is -2.37. The fourth-order valence-corrected chi connectivity index (χ4v) is 4.35. The highest BCUT2D eigenvalue weighted by molar-refractivity contribution is 6.30. The number of rotatable bonds is 9. The molecule has 4 aromatic rings. The molecule has 1 aromatic heterocycles. The zero-order valence-electron chi connectivity index (χ0n) is 22.1. The van der Waals surface area contributed by atoms with Crippen molar-refractivity contribution in [1.29, 1.82) is 0 Å². The number of aromatic nitrogens is 3. The number of amides is 1. The Balaban J connectivity index is 1.57. The Hall–Kier alpha value is -4.24. The second kappa shape index (κ2) is 12.4. The molecular weight excluding hydrogens is 628 g/mol. The summed E-state index contributed by atoms with van der Waals surface area (Å²) in [5.74, 6) is -5.37. The van der Waals surface area contributed by atoms with Gasteiger partial charge < -0.3 is 10.4 Å². The van der Waals surface area contributed by atoms with Crippen molar-refractivity contribution in [2.75, 3.05) is 6.54 Å². The Morgan fingerprint density at radius 1 is 0.909 bits per heavy atom. The molecule has 1 unspecified atom stereocenters. The van der Waals surface area contributed by atoms with Gasteiger partial charge in [0.25, 0.3) is 11.8 Å². The number of aliphatic hydroxyl groups excluding tert-OH is 1. The van der Waals surface area contributed by atoms with E-state index in [9.17, 15) is 49.8 Å². The van der Waals surface area contributed by atoms with Gasteiger partial charge in [0.2, 0.25) is 0 Å². The molecule has 0 radical (unpaired) electrons. The predicted octanol–water partition coefficient (Wildman–Crippen LogP) is 5.88. The van der Waals surface area contributed by atoms with Gasteiger partial charge in [-0.25, -0.2) is 9.48 Å². The molecule has 1 atom stereocenters. The lowest BCUT2D eigenvalue weighted by Gasteiger charge is -2.21. The van der Waals surface area contributed by atoms with Gasteiger partial charge in [0.05, 0.1) is 25.2 Å². The maximum atomic E-state index is 14.7. The Morgan fingerprint density at radius 2 is 1.55 bits per heavy atom. The summed E-state index contributed by atoms with van der Waals surface area (Å²) in [6, 6.07) is 13.9. The summed E-state index contributed by atoms with van der Waals surface area (Å²) >= 11 is 5.87. The van der Waals surface area contributed by atoms with Crippen LogP contribution in [0.1, 0.15) is 27.0 Å². The average Bonchev–Trinajstić information content (AvgIpc) is 3.25. The van der Waals surface area contributed by atoms with Crippen molar-refractivity contribution < 1.29 is 45.0 Å². The number of nitrogens with one attached hydrogen (secondary N) is 1. The Labute approximate surface area is 248 Å². The van der Waals surface area contributed by atoms with Gasteiger partial charge in [0, 0.05) is 21.7 Å². The molecule has 0 bridgehead atoms. The molecule has 44 heavy (non-hydrogen) atoms. The number of hydrogen-bond donors (Lipinski definition) is 2. The first-order chi connectivity index (χ1) is 20.5. The van der Waals surface area contributed by atoms with Gasteiger partial charge in [-0.05, 0) is 48.0 Å². The largest absolute Gasteiger partial charge is 0.416 e. The van der Waals surface area contributed by atoms with Gasteiger partial charge in [-0.15, -0.1) is 5.10 Å². The summed E-state index contributed by atoms with van der Waals surface area (Å²) in [6.45, 7) is -3.02. The third-order valence-electron chi connectivity index (χ3n) is 6.38. The van der Waals surface area contributed by atoms with E-state index in [4.69, 9.17) is 11.6 Å². The molecule has 0 aliphatic carbocycles. The number of aliphatic hydroxyl groups is 1. The van der Waals surface area contributed by atoms with Crippen molar-refractivity contribution in [2.45, 2.75) is 37.5 Å². The predicted molar refractivity (Wildman–Crippen MR) is 142 cm³/mol. The summed E-state index contributed by atoms with van der Waals surface area (Å²) in [5.41, 5.74) is -3.68. The molecule has 0 spiro atoms. The number of alkyl halides is 8. The Kier molecular flexibility index (Phi) is 9.21. The van der Waals surface area contributed by atoms with Gasteiger partial charge in [-0.3, -0.25) is 9.36 Å². The molecule has 0 saturated heterocycles. The van der Waals surface area contributed by atoms with E-state index in [1.807, 2.05) is 5.32 Å². The highest BCUT2D eigenvalue weighted by atomic mass is 35.5. The van der Waals surface area contributed by atoms with Gasteiger partial charge in [0.1, 0.15) is 0 Å². The number of halogens is 9. The quantitative estimate of drug-likeness (QED) is 0.222. The molecule has 2 N–H and O–H groups in total. The van der Waals surface area contributed by atoms with Crippen LogP contribution in [0, 0.1) is 0 Å². The molecule has 3 aromatic carbocycles. The smallest absolute Gasteiger partial charge is 0.382 e. The molecule has 16 heteroatoms. The zero-order valence-corrected chi connectivity index (χ0v) is 22.9. The van der Waals surface area contributed by atoms with Gasteiger partial charge >= 0.3 is 18.0 Å². The zero-order chi connectivity index (χ0) is 32.4. The maximum absolute atomic E-state index is 14.7. The van der Waals surface area contributed by atoms with E-state index in [1.165, 1.54) is 48.5 Å². The SMILES string of the molecule is O=C(NCC(F)(F)c1ccccc1C(F)(F)F)c1cccc(Cn2nc(-c3ccc(Cl)cc3)n(CC(O)C(F)(F)F)c2=O)c1. The summed E-state index contributed by atoms with van der Waals surface area (Å²) < 4.78 is 110. The van der Waals surface area contributed by atoms with Crippen LogP contribution in [0.15, 0.2) is 77.6 Å². The summed E-state index contributed by atoms with van der Waals surface area (Å²) in [5, 5.41) is 15.9. The van der Waals surface area contributed by atoms with E-state index in [2.05, 4.69) is 5.10 Å². The fourth-order valence-electron chi connectivity index (χ4n) is 4.22. The maximum Gasteiger partial charge on any atom is 0.416 e. The molecular formula is C28H21ClF8N4O3. The first-order valence-electron chi connectivity index (χ1n) is 12.6. The molecule has 0 aliphatic rings. The van der Waals surface area contributed by atoms with Crippen molar-refractivity contribution in [1.82, 2.24) is 19.7 Å². The highest BCUT2D eigenvalue weighted by Gasteiger charge is 2.43. The van der Waals surface area contributed by atoms with E-state index < -0.39 is 60.2 Å². The Bertz CT molecular complexity index is 1700. The molecule has 0 saturated carbocycles. The van der Waals surface area contributed by atoms with Crippen molar-refractivity contribution in [2.24, 2.45) is 0 Å². The Morgan fingerprint density at radius 3 is 2.16 bits per heavy atom. The fraction of sp³-hybridized carbons (Fsp3) is 0.250. The first kappa shape index (κ1) is 32.7. The van der Waals surface area contributed by atoms with Crippen LogP contribution in [0.5, 0.6) is 0 Å². The van der Waals surface area contributed by atoms with Crippen molar-refractivity contribution in [3.8, 4) is 11.4 Å². The van der Waals surface area contributed by atoms with E-state index in [0.29, 0.717) is 21.7 Å². The van der Waals surface area contributed by atoms with Crippen LogP contribution in [0.3, 0.4) is 0 Å². The van der Waals surface area contributed by atoms with Crippen LogP contribution in [-0.4, -0.2) is 44.2 Å². The topological polar surface area (TPSA) is 89.2 Å². The summed E-state index contributed by atoms with van der Waals surface area (Å²) in [7, 11) is 0. The molecule has 234 valence electrons. The second-order valence-electron chi connectivity index (χ2n) is 9.57. The monoisotopic (exact) mass is 648 g/mol. The number of carbonyl (C=O) groups excluding carboxylic acids is 1. The minimum Gasteiger partial charge on any atom is -0.382 e. The second-order valence-corrected chi connectivity index (χ2v) is 10.0. The average molecular weight is 649 g/mol. The summed E-state index contributed by atoms with van der Waals surface area (Å²) in [4.78, 5) is 25.7. The van der Waals surface area contributed by atoms with Crippen LogP contribution in [0.25, 0.3) is 11.4 Å². The van der Waals surface area contributed by atoms with Gasteiger partial charge in [0.15, 0.2) is 11.9 Å². The highest BCUT2D eigenvalue weighted by Crippen LogP contribution is 2.39. The number of carbonyl (C=O) groups is 1. The third-order valence-corrected chi connectivity index (χ3v) is 6.63. The molecule has 4 rings (SSSR count). The van der Waals surface area contributed by atoms with Crippen molar-refractivity contribution in [3.63, 3.8) is 0 Å². The minimum atomic E-state index is -5.05. The van der Waals surface area contributed by atoms with Crippen molar-refractivity contribution in [3.05, 3.63) is 111 Å². The van der Waals surface area contributed by atoms with Crippen LogP contribution < -0.4 is 11.0 Å². The normalized spacial score (nSPS) is 13.1. The molecule has 1 amide bonds. The van der Waals surface area contributed by atoms with Crippen molar-refractivity contribution >= 4 is 17.5 Å². The number of nitrogens with zero attached hydrogens (tertiary/aromatic N) is 3. The lowest BCUT2D eigenvalue weighted by molar-refractivity contribution is -0.207. The van der Waals surface area contributed by atoms with E-state index in [0.717, 1.165) is 16.8 Å². The number of hydrogen-bond acceptors (Lipinski definition) is 4. The van der Waals surface area contributed by atoms with E-state index in [-0.39, 0.29) is 29.1 Å². The van der Waals surface area contributed by atoms with Crippen LogP contribution in [0.4, 0.5) is 35.1 Å². The van der Waals surface area contributed by atoms with E-state index >= 15 is 0 Å². The van der Waals surface area contributed by atoms with Crippen LogP contribution in [-0.2, 0) is 25.2 Å². The lowest BCUT2D eigenvalue weighted by atomic mass is 10.0. The van der Waals surface area contributed by atoms with E-state index in [1.54, 1.807) is 0 Å². The van der Waals surface area contributed by atoms with Crippen LogP contribution >= 0.6 is 11.6 Å². The number of benzene rings is 3. The standard InChI is InChI=1S/C28H21ClF8N4O3/c29-19-10-8-17(9-11-19)23-39-41(25(44)40(23)14-22(42)28(35,36)37)13-16-4-3-5-18(12-16)24(43)38-15-26(30,31)20-6-1-2-7-21(20)27(32,33)34/h1-12,22,42H,13-15H2,(H,38,43). The molecule has 1 heterocycles. The molecule has 0 aliphatic heterocycles. The minimum absolute atomic E-state index is 0.194. The first-order valence-corrected chi connectivity index (χ1v) is 12.9. The van der Waals surface area contributed by atoms with Gasteiger partial charge in [-0.2, -0.15) is 35.1 Å². The summed E-state index contributed by atoms with van der Waals surface area (Å²) in [6.07, 6.45) is -13.0.